The lowest BCUT2D eigenvalue weighted by Crippen LogP contribution is -2.48. The summed E-state index contributed by atoms with van der Waals surface area (Å²) in [4.78, 5) is 51.9. The Morgan fingerprint density at radius 1 is 1.21 bits per heavy atom. The van der Waals surface area contributed by atoms with E-state index in [4.69, 9.17) is 11.6 Å². The van der Waals surface area contributed by atoms with Gasteiger partial charge in [-0.15, -0.1) is 0 Å². The Labute approximate surface area is 168 Å². The summed E-state index contributed by atoms with van der Waals surface area (Å²) < 4.78 is 0. The zero-order valence-corrected chi connectivity index (χ0v) is 16.6. The molecule has 0 aromatic heterocycles. The third-order valence-electron chi connectivity index (χ3n) is 5.15. The smallest absolute Gasteiger partial charge is 0.325 e. The number of hydrogen-bond acceptors (Lipinski definition) is 4. The van der Waals surface area contributed by atoms with E-state index in [0.717, 1.165) is 24.2 Å². The van der Waals surface area contributed by atoms with Crippen LogP contribution in [0.5, 0.6) is 0 Å². The normalized spacial score (nSPS) is 18.2. The number of halogens is 1. The van der Waals surface area contributed by atoms with Gasteiger partial charge in [0.1, 0.15) is 12.1 Å². The fourth-order valence-electron chi connectivity index (χ4n) is 3.66. The average molecular weight is 407 g/mol. The molecular formula is C19H23ClN4O4. The molecule has 2 aliphatic rings. The van der Waals surface area contributed by atoms with Gasteiger partial charge in [0.05, 0.1) is 10.7 Å². The first kappa shape index (κ1) is 20.1. The Morgan fingerprint density at radius 3 is 2.54 bits per heavy atom. The first-order valence-electron chi connectivity index (χ1n) is 9.19. The zero-order valence-electron chi connectivity index (χ0n) is 15.9. The summed E-state index contributed by atoms with van der Waals surface area (Å²) in [6.07, 6.45) is 3.96. The van der Waals surface area contributed by atoms with E-state index in [0.29, 0.717) is 18.4 Å². The molecule has 0 unspecified atom stereocenters. The highest BCUT2D eigenvalue weighted by Crippen LogP contribution is 2.33. The van der Waals surface area contributed by atoms with E-state index in [1.165, 1.54) is 17.0 Å². The topological polar surface area (TPSA) is 98.8 Å². The van der Waals surface area contributed by atoms with E-state index in [2.05, 4.69) is 10.6 Å². The molecule has 2 fully saturated rings. The minimum absolute atomic E-state index is 0.236. The van der Waals surface area contributed by atoms with Crippen molar-refractivity contribution >= 4 is 41.0 Å². The first-order chi connectivity index (χ1) is 13.2. The highest BCUT2D eigenvalue weighted by Gasteiger charge is 2.51. The molecule has 1 saturated heterocycles. The molecule has 5 amide bonds. The summed E-state index contributed by atoms with van der Waals surface area (Å²) in [7, 11) is 3.24. The molecule has 0 radical (unpaired) electrons. The predicted octanol–water partition coefficient (Wildman–Crippen LogP) is 2.24. The Bertz CT molecular complexity index is 833. The highest BCUT2D eigenvalue weighted by atomic mass is 35.5. The third kappa shape index (κ3) is 3.82. The van der Waals surface area contributed by atoms with Gasteiger partial charge in [0.2, 0.25) is 5.91 Å². The standard InChI is InChI=1S/C19H23ClN4O4/c1-23(2)16(26)12-6-7-13(20)14(10-12)21-15(25)11-24-17(27)19(22-18(24)28)8-4-3-5-9-19/h6-7,10H,3-5,8-9,11H2,1-2H3,(H,21,25)(H,22,28). The molecule has 1 aliphatic heterocycles. The molecular weight excluding hydrogens is 384 g/mol. The van der Waals surface area contributed by atoms with E-state index in [1.54, 1.807) is 20.2 Å². The molecule has 1 aliphatic carbocycles. The lowest BCUT2D eigenvalue weighted by molar-refractivity contribution is -0.134. The summed E-state index contributed by atoms with van der Waals surface area (Å²) >= 11 is 6.12. The van der Waals surface area contributed by atoms with Crippen molar-refractivity contribution in [2.45, 2.75) is 37.6 Å². The van der Waals surface area contributed by atoms with Gasteiger partial charge in [-0.05, 0) is 31.0 Å². The van der Waals surface area contributed by atoms with Crippen LogP contribution >= 0.6 is 11.6 Å². The zero-order chi connectivity index (χ0) is 20.5. The highest BCUT2D eigenvalue weighted by molar-refractivity contribution is 6.34. The van der Waals surface area contributed by atoms with Crippen LogP contribution in [0.15, 0.2) is 18.2 Å². The monoisotopic (exact) mass is 406 g/mol. The van der Waals surface area contributed by atoms with Crippen molar-refractivity contribution in [3.05, 3.63) is 28.8 Å². The van der Waals surface area contributed by atoms with Gasteiger partial charge in [-0.2, -0.15) is 0 Å². The number of hydrogen-bond donors (Lipinski definition) is 2. The minimum Gasteiger partial charge on any atom is -0.345 e. The Morgan fingerprint density at radius 2 is 1.89 bits per heavy atom. The van der Waals surface area contributed by atoms with Crippen LogP contribution < -0.4 is 10.6 Å². The quantitative estimate of drug-likeness (QED) is 0.749. The third-order valence-corrected chi connectivity index (χ3v) is 5.48. The average Bonchev–Trinajstić information content (AvgIpc) is 2.87. The Hall–Kier alpha value is -2.61. The second-order valence-electron chi connectivity index (χ2n) is 7.41. The maximum atomic E-state index is 12.8. The number of carbonyl (C=O) groups excluding carboxylic acids is 4. The Kier molecular flexibility index (Phi) is 5.60. The number of nitrogens with one attached hydrogen (secondary N) is 2. The van der Waals surface area contributed by atoms with Crippen LogP contribution in [-0.4, -0.2) is 59.7 Å². The van der Waals surface area contributed by atoms with Crippen LogP contribution in [0.1, 0.15) is 42.5 Å². The number of rotatable bonds is 4. The van der Waals surface area contributed by atoms with E-state index in [9.17, 15) is 19.2 Å². The maximum Gasteiger partial charge on any atom is 0.325 e. The van der Waals surface area contributed by atoms with Crippen LogP contribution in [-0.2, 0) is 9.59 Å². The van der Waals surface area contributed by atoms with Gasteiger partial charge in [0.15, 0.2) is 0 Å². The van der Waals surface area contributed by atoms with Gasteiger partial charge < -0.3 is 15.5 Å². The van der Waals surface area contributed by atoms with Crippen LogP contribution in [0.3, 0.4) is 0 Å². The summed E-state index contributed by atoms with van der Waals surface area (Å²) in [5.74, 6) is -1.15. The number of carbonyl (C=O) groups is 4. The second kappa shape index (κ2) is 7.79. The van der Waals surface area contributed by atoms with Crippen LogP contribution in [0.2, 0.25) is 5.02 Å². The van der Waals surface area contributed by atoms with Crippen molar-refractivity contribution in [2.24, 2.45) is 0 Å². The van der Waals surface area contributed by atoms with E-state index in [1.807, 2.05) is 0 Å². The van der Waals surface area contributed by atoms with Crippen molar-refractivity contribution in [1.82, 2.24) is 15.1 Å². The van der Waals surface area contributed by atoms with E-state index < -0.39 is 24.0 Å². The van der Waals surface area contributed by atoms with Crippen molar-refractivity contribution in [1.29, 1.82) is 0 Å². The van der Waals surface area contributed by atoms with Gasteiger partial charge in [0, 0.05) is 19.7 Å². The van der Waals surface area contributed by atoms with Crippen molar-refractivity contribution < 1.29 is 19.2 Å². The molecule has 0 bridgehead atoms. The molecule has 0 atom stereocenters. The Balaban J connectivity index is 1.71. The second-order valence-corrected chi connectivity index (χ2v) is 7.81. The van der Waals surface area contributed by atoms with Crippen molar-refractivity contribution in [3.63, 3.8) is 0 Å². The van der Waals surface area contributed by atoms with Gasteiger partial charge in [-0.3, -0.25) is 19.3 Å². The SMILES string of the molecule is CN(C)C(=O)c1ccc(Cl)c(NC(=O)CN2C(=O)NC3(CCCCC3)C2=O)c1. The fourth-order valence-corrected chi connectivity index (χ4v) is 3.82. The van der Waals surface area contributed by atoms with Gasteiger partial charge in [0.25, 0.3) is 11.8 Å². The van der Waals surface area contributed by atoms with Crippen LogP contribution in [0, 0.1) is 0 Å². The number of benzene rings is 1. The molecule has 1 spiro atoms. The van der Waals surface area contributed by atoms with E-state index in [-0.39, 0.29) is 22.5 Å². The molecule has 8 nitrogen and oxygen atoms in total. The lowest BCUT2D eigenvalue weighted by atomic mass is 9.82. The number of urea groups is 1. The largest absolute Gasteiger partial charge is 0.345 e. The molecule has 28 heavy (non-hydrogen) atoms. The molecule has 3 rings (SSSR count). The summed E-state index contributed by atoms with van der Waals surface area (Å²) in [5.41, 5.74) is -0.259. The predicted molar refractivity (Wildman–Crippen MR) is 104 cm³/mol. The molecule has 1 aromatic rings. The number of amides is 5. The fraction of sp³-hybridized carbons (Fsp3) is 0.474. The maximum absolute atomic E-state index is 12.8. The van der Waals surface area contributed by atoms with Crippen molar-refractivity contribution in [2.75, 3.05) is 26.0 Å². The summed E-state index contributed by atoms with van der Waals surface area (Å²) in [5, 5.41) is 5.61. The molecule has 1 saturated carbocycles. The molecule has 2 N–H and O–H groups in total. The molecule has 1 aromatic carbocycles. The molecule has 150 valence electrons. The number of anilines is 1. The van der Waals surface area contributed by atoms with Crippen LogP contribution in [0.4, 0.5) is 10.5 Å². The lowest BCUT2D eigenvalue weighted by Gasteiger charge is -2.30. The number of nitrogens with zero attached hydrogens (tertiary/aromatic N) is 2. The molecule has 9 heteroatoms. The number of imide groups is 1. The molecule has 1 heterocycles. The van der Waals surface area contributed by atoms with Gasteiger partial charge >= 0.3 is 6.03 Å². The van der Waals surface area contributed by atoms with E-state index >= 15 is 0 Å². The van der Waals surface area contributed by atoms with Gasteiger partial charge in [-0.1, -0.05) is 30.9 Å². The summed E-state index contributed by atoms with van der Waals surface area (Å²) in [6, 6.07) is 3.99. The van der Waals surface area contributed by atoms with Crippen LogP contribution in [0.25, 0.3) is 0 Å². The first-order valence-corrected chi connectivity index (χ1v) is 9.56. The minimum atomic E-state index is -0.870. The van der Waals surface area contributed by atoms with Gasteiger partial charge in [-0.25, -0.2) is 4.79 Å². The summed E-state index contributed by atoms with van der Waals surface area (Å²) in [6.45, 7) is -0.408. The van der Waals surface area contributed by atoms with Crippen molar-refractivity contribution in [3.8, 4) is 0 Å².